The van der Waals surface area contributed by atoms with Crippen LogP contribution in [0.4, 0.5) is 14.7 Å². The molecule has 2 aliphatic rings. The smallest absolute Gasteiger partial charge is 0.254 e. The van der Waals surface area contributed by atoms with Gasteiger partial charge in [-0.3, -0.25) is 14.9 Å². The number of amides is 2. The molecule has 4 rings (SSSR count). The molecule has 1 heterocycles. The molecule has 2 atom stereocenters. The van der Waals surface area contributed by atoms with Crippen LogP contribution in [-0.2, 0) is 10.5 Å². The molecule has 156 valence electrons. The van der Waals surface area contributed by atoms with E-state index >= 15 is 0 Å². The second-order valence-electron chi connectivity index (χ2n) is 7.70. The molecule has 1 N–H and O–H groups in total. The Morgan fingerprint density at radius 1 is 1.27 bits per heavy atom. The van der Waals surface area contributed by atoms with Crippen LogP contribution in [0.15, 0.2) is 36.7 Å². The Kier molecular flexibility index (Phi) is 5.16. The zero-order chi connectivity index (χ0) is 21.3. The molecule has 7 nitrogen and oxygen atoms in total. The minimum Gasteiger partial charge on any atom is -0.329 e. The molecule has 0 bridgehead atoms. The van der Waals surface area contributed by atoms with Gasteiger partial charge in [-0.05, 0) is 37.0 Å². The van der Waals surface area contributed by atoms with Crippen molar-refractivity contribution in [2.75, 3.05) is 18.4 Å². The summed E-state index contributed by atoms with van der Waals surface area (Å²) < 4.78 is 27.6. The van der Waals surface area contributed by atoms with Gasteiger partial charge in [-0.1, -0.05) is 12.1 Å². The molecule has 1 aromatic carbocycles. The fraction of sp³-hybridized carbons (Fsp3) is 0.381. The summed E-state index contributed by atoms with van der Waals surface area (Å²) >= 11 is 0. The van der Waals surface area contributed by atoms with Crippen LogP contribution in [0.3, 0.4) is 0 Å². The van der Waals surface area contributed by atoms with E-state index in [1.807, 2.05) is 6.07 Å². The van der Waals surface area contributed by atoms with Crippen molar-refractivity contribution in [3.63, 3.8) is 0 Å². The second-order valence-corrected chi connectivity index (χ2v) is 7.70. The highest BCUT2D eigenvalue weighted by Gasteiger charge is 2.45. The van der Waals surface area contributed by atoms with Gasteiger partial charge in [0, 0.05) is 19.5 Å². The number of alkyl halides is 2. The van der Waals surface area contributed by atoms with Gasteiger partial charge in [-0.25, -0.2) is 18.7 Å². The third kappa shape index (κ3) is 4.43. The van der Waals surface area contributed by atoms with E-state index in [0.717, 1.165) is 0 Å². The fourth-order valence-electron chi connectivity index (χ4n) is 3.18. The van der Waals surface area contributed by atoms with Crippen molar-refractivity contribution in [1.82, 2.24) is 14.9 Å². The van der Waals surface area contributed by atoms with Crippen LogP contribution < -0.4 is 5.32 Å². The first-order chi connectivity index (χ1) is 14.4. The van der Waals surface area contributed by atoms with Crippen LogP contribution in [-0.4, -0.2) is 45.9 Å². The maximum atomic E-state index is 14.2. The Balaban J connectivity index is 0.00000272. The zero-order valence-corrected chi connectivity index (χ0v) is 16.0. The van der Waals surface area contributed by atoms with E-state index in [-0.39, 0.29) is 31.9 Å². The molecule has 2 saturated carbocycles. The van der Waals surface area contributed by atoms with E-state index in [4.69, 9.17) is 5.26 Å². The van der Waals surface area contributed by atoms with Crippen LogP contribution in [0.1, 0.15) is 42.2 Å². The van der Waals surface area contributed by atoms with Gasteiger partial charge in [0.05, 0.1) is 18.0 Å². The summed E-state index contributed by atoms with van der Waals surface area (Å²) in [7, 11) is 0. The Labute approximate surface area is 173 Å². The molecule has 0 saturated heterocycles. The lowest BCUT2D eigenvalue weighted by Crippen LogP contribution is -2.39. The number of nitrogens with one attached hydrogen (secondary N) is 1. The number of hydrogen-bond acceptors (Lipinski definition) is 5. The SMILES string of the molecule is N#Cc1cnc(NC(=O)CN(C[C@@H]2C[C@H]2F)C(=O)c2ccc(C3(F)CC3)cc2)nc1.[HH]. The molecule has 2 aromatic rings. The number of nitriles is 1. The highest BCUT2D eigenvalue weighted by atomic mass is 19.1. The lowest BCUT2D eigenvalue weighted by molar-refractivity contribution is -0.117. The molecule has 2 fully saturated rings. The van der Waals surface area contributed by atoms with Crippen LogP contribution in [0, 0.1) is 17.2 Å². The predicted octanol–water partition coefficient (Wildman–Crippen LogP) is 2.99. The van der Waals surface area contributed by atoms with E-state index in [2.05, 4.69) is 15.3 Å². The molecule has 30 heavy (non-hydrogen) atoms. The average molecular weight is 413 g/mol. The van der Waals surface area contributed by atoms with Gasteiger partial charge in [-0.15, -0.1) is 0 Å². The minimum absolute atomic E-state index is 0. The minimum atomic E-state index is -1.29. The summed E-state index contributed by atoms with van der Waals surface area (Å²) in [4.78, 5) is 34.3. The summed E-state index contributed by atoms with van der Waals surface area (Å²) in [5, 5.41) is 11.2. The van der Waals surface area contributed by atoms with Gasteiger partial charge in [0.2, 0.25) is 11.9 Å². The van der Waals surface area contributed by atoms with E-state index in [1.54, 1.807) is 12.1 Å². The van der Waals surface area contributed by atoms with Crippen LogP contribution in [0.2, 0.25) is 0 Å². The topological polar surface area (TPSA) is 99.0 Å². The van der Waals surface area contributed by atoms with E-state index in [1.165, 1.54) is 29.4 Å². The summed E-state index contributed by atoms with van der Waals surface area (Å²) in [5.74, 6) is -1.27. The normalized spacial score (nSPS) is 20.7. The standard InChI is InChI=1S/C21H19F2N5O2.H2/c22-17-7-15(17)11-28(12-18(29)27-20-25-9-13(8-24)10-26-20)19(30)14-1-3-16(4-2-14)21(23)5-6-21;/h1-4,9-10,15,17H,5-7,11-12H2,(H,25,26,27,29);1H/t15-,17+;/m0./s1. The Morgan fingerprint density at radius 3 is 2.43 bits per heavy atom. The van der Waals surface area contributed by atoms with Gasteiger partial charge in [0.25, 0.3) is 5.91 Å². The van der Waals surface area contributed by atoms with Gasteiger partial charge in [0.1, 0.15) is 24.5 Å². The van der Waals surface area contributed by atoms with Crippen molar-refractivity contribution in [3.05, 3.63) is 53.3 Å². The largest absolute Gasteiger partial charge is 0.329 e. The van der Waals surface area contributed by atoms with E-state index in [9.17, 15) is 18.4 Å². The van der Waals surface area contributed by atoms with Crippen LogP contribution >= 0.6 is 0 Å². The quantitative estimate of drug-likeness (QED) is 0.752. The maximum Gasteiger partial charge on any atom is 0.254 e. The highest BCUT2D eigenvalue weighted by molar-refractivity contribution is 5.99. The van der Waals surface area contributed by atoms with Gasteiger partial charge >= 0.3 is 0 Å². The number of aromatic nitrogens is 2. The molecule has 9 heteroatoms. The summed E-state index contributed by atoms with van der Waals surface area (Å²) in [6.45, 7) is -0.198. The number of anilines is 1. The number of carbonyl (C=O) groups is 2. The molecule has 0 aliphatic heterocycles. The molecule has 2 aliphatic carbocycles. The second kappa shape index (κ2) is 7.78. The number of benzene rings is 1. The zero-order valence-electron chi connectivity index (χ0n) is 16.0. The first kappa shape index (κ1) is 19.9. The first-order valence-corrected chi connectivity index (χ1v) is 9.63. The molecule has 0 unspecified atom stereocenters. The third-order valence-corrected chi connectivity index (χ3v) is 5.28. The molecule has 1 aromatic heterocycles. The molecule has 0 spiro atoms. The monoisotopic (exact) mass is 413 g/mol. The Morgan fingerprint density at radius 2 is 1.90 bits per heavy atom. The molecular weight excluding hydrogens is 392 g/mol. The van der Waals surface area contributed by atoms with Crippen molar-refractivity contribution in [2.24, 2.45) is 5.92 Å². The number of hydrogen-bond donors (Lipinski definition) is 1. The van der Waals surface area contributed by atoms with Crippen molar-refractivity contribution in [1.29, 1.82) is 5.26 Å². The summed E-state index contributed by atoms with van der Waals surface area (Å²) in [6, 6.07) is 8.10. The van der Waals surface area contributed by atoms with Gasteiger partial charge in [0.15, 0.2) is 0 Å². The lowest BCUT2D eigenvalue weighted by atomic mass is 10.1. The van der Waals surface area contributed by atoms with Crippen molar-refractivity contribution in [3.8, 4) is 6.07 Å². The summed E-state index contributed by atoms with van der Waals surface area (Å²) in [5.41, 5.74) is -0.205. The Hall–Kier alpha value is -3.41. The van der Waals surface area contributed by atoms with Crippen LogP contribution in [0.5, 0.6) is 0 Å². The van der Waals surface area contributed by atoms with Crippen molar-refractivity contribution in [2.45, 2.75) is 31.1 Å². The van der Waals surface area contributed by atoms with Crippen molar-refractivity contribution >= 4 is 17.8 Å². The summed E-state index contributed by atoms with van der Waals surface area (Å²) in [6.07, 6.45) is 2.86. The maximum absolute atomic E-state index is 14.2. The first-order valence-electron chi connectivity index (χ1n) is 9.63. The van der Waals surface area contributed by atoms with Crippen molar-refractivity contribution < 1.29 is 19.8 Å². The number of rotatable bonds is 7. The fourth-order valence-corrected chi connectivity index (χ4v) is 3.18. The average Bonchev–Trinajstić information content (AvgIpc) is 3.67. The molecule has 0 radical (unpaired) electrons. The molecular formula is C21H21F2N5O2. The number of carbonyl (C=O) groups excluding carboxylic acids is 2. The van der Waals surface area contributed by atoms with Gasteiger partial charge in [-0.2, -0.15) is 5.26 Å². The van der Waals surface area contributed by atoms with Crippen LogP contribution in [0.25, 0.3) is 0 Å². The highest BCUT2D eigenvalue weighted by Crippen LogP contribution is 2.49. The Bertz CT molecular complexity index is 1010. The van der Waals surface area contributed by atoms with Gasteiger partial charge < -0.3 is 4.90 Å². The third-order valence-electron chi connectivity index (χ3n) is 5.28. The number of halogens is 2. The predicted molar refractivity (Wildman–Crippen MR) is 105 cm³/mol. The van der Waals surface area contributed by atoms with E-state index in [0.29, 0.717) is 30.4 Å². The number of nitrogens with zero attached hydrogens (tertiary/aromatic N) is 4. The van der Waals surface area contributed by atoms with E-state index < -0.39 is 23.7 Å². The molecule has 2 amide bonds. The lowest BCUT2D eigenvalue weighted by Gasteiger charge is -2.22.